The van der Waals surface area contributed by atoms with Gasteiger partial charge in [-0.25, -0.2) is 16.8 Å². The SMILES string of the molecule is CCN(c1ccccc1)S(=O)(=O)c1cc(N2CCCCS2(=O)=O)ccc1C. The van der Waals surface area contributed by atoms with Crippen LogP contribution in [0.5, 0.6) is 0 Å². The van der Waals surface area contributed by atoms with Crippen molar-refractivity contribution < 1.29 is 16.8 Å². The third-order valence-corrected chi connectivity index (χ3v) is 8.62. The molecular formula is C19H24N2O4S2. The van der Waals surface area contributed by atoms with Gasteiger partial charge in [0.25, 0.3) is 10.0 Å². The number of rotatable bonds is 5. The molecule has 0 amide bonds. The Bertz CT molecular complexity index is 1020. The van der Waals surface area contributed by atoms with Gasteiger partial charge in [0.05, 0.1) is 22.0 Å². The van der Waals surface area contributed by atoms with E-state index in [0.29, 0.717) is 29.9 Å². The fourth-order valence-corrected chi connectivity index (χ4v) is 6.66. The Balaban J connectivity index is 2.08. The first-order valence-electron chi connectivity index (χ1n) is 8.96. The highest BCUT2D eigenvalue weighted by Gasteiger charge is 2.30. The van der Waals surface area contributed by atoms with E-state index in [2.05, 4.69) is 0 Å². The van der Waals surface area contributed by atoms with E-state index in [1.165, 1.54) is 14.7 Å². The van der Waals surface area contributed by atoms with Crippen LogP contribution in [0.15, 0.2) is 53.4 Å². The molecule has 3 rings (SSSR count). The highest BCUT2D eigenvalue weighted by Crippen LogP contribution is 2.31. The lowest BCUT2D eigenvalue weighted by Gasteiger charge is -2.29. The number of aryl methyl sites for hydroxylation is 1. The Morgan fingerprint density at radius 1 is 1.07 bits per heavy atom. The molecule has 1 saturated heterocycles. The van der Waals surface area contributed by atoms with Crippen LogP contribution < -0.4 is 8.61 Å². The summed E-state index contributed by atoms with van der Waals surface area (Å²) in [7, 11) is -7.23. The molecule has 0 atom stereocenters. The van der Waals surface area contributed by atoms with Crippen molar-refractivity contribution in [2.24, 2.45) is 0 Å². The first-order chi connectivity index (χ1) is 12.8. The Kier molecular flexibility index (Phi) is 5.48. The summed E-state index contributed by atoms with van der Waals surface area (Å²) in [5.74, 6) is 0.0913. The summed E-state index contributed by atoms with van der Waals surface area (Å²) in [4.78, 5) is 0.131. The van der Waals surface area contributed by atoms with Gasteiger partial charge in [0, 0.05) is 13.1 Å². The highest BCUT2D eigenvalue weighted by molar-refractivity contribution is 7.93. The van der Waals surface area contributed by atoms with Crippen LogP contribution in [0.3, 0.4) is 0 Å². The van der Waals surface area contributed by atoms with E-state index in [1.807, 2.05) is 6.07 Å². The van der Waals surface area contributed by atoms with Crippen LogP contribution in [0.4, 0.5) is 11.4 Å². The zero-order valence-corrected chi connectivity index (χ0v) is 17.1. The molecule has 146 valence electrons. The van der Waals surface area contributed by atoms with E-state index in [4.69, 9.17) is 0 Å². The second kappa shape index (κ2) is 7.52. The third kappa shape index (κ3) is 3.82. The molecule has 0 aliphatic carbocycles. The Labute approximate surface area is 161 Å². The molecule has 0 aromatic heterocycles. The lowest BCUT2D eigenvalue weighted by molar-refractivity contribution is 0.573. The van der Waals surface area contributed by atoms with Crippen molar-refractivity contribution in [1.82, 2.24) is 0 Å². The molecule has 6 nitrogen and oxygen atoms in total. The van der Waals surface area contributed by atoms with Gasteiger partial charge in [-0.3, -0.25) is 8.61 Å². The summed E-state index contributed by atoms with van der Waals surface area (Å²) in [5.41, 5.74) is 1.57. The zero-order chi connectivity index (χ0) is 19.7. The molecule has 0 radical (unpaired) electrons. The van der Waals surface area contributed by atoms with Crippen molar-refractivity contribution in [2.75, 3.05) is 27.5 Å². The number of anilines is 2. The lowest BCUT2D eigenvalue weighted by atomic mass is 10.2. The monoisotopic (exact) mass is 408 g/mol. The zero-order valence-electron chi connectivity index (χ0n) is 15.5. The number of sulfonamides is 2. The van der Waals surface area contributed by atoms with Crippen LogP contribution >= 0.6 is 0 Å². The summed E-state index contributed by atoms with van der Waals surface area (Å²) >= 11 is 0. The van der Waals surface area contributed by atoms with E-state index >= 15 is 0 Å². The van der Waals surface area contributed by atoms with E-state index < -0.39 is 20.0 Å². The fraction of sp³-hybridized carbons (Fsp3) is 0.368. The molecule has 1 aliphatic heterocycles. The van der Waals surface area contributed by atoms with Crippen LogP contribution in [0, 0.1) is 6.92 Å². The molecule has 1 fully saturated rings. The predicted octanol–water partition coefficient (Wildman–Crippen LogP) is 3.14. The Morgan fingerprint density at radius 2 is 1.78 bits per heavy atom. The fourth-order valence-electron chi connectivity index (χ4n) is 3.30. The van der Waals surface area contributed by atoms with Gasteiger partial charge in [0.2, 0.25) is 10.0 Å². The van der Waals surface area contributed by atoms with Gasteiger partial charge >= 0.3 is 0 Å². The smallest absolute Gasteiger partial charge is 0.264 e. The first-order valence-corrected chi connectivity index (χ1v) is 12.0. The standard InChI is InChI=1S/C19H24N2O4S2/c1-3-20(17-9-5-4-6-10-17)27(24,25)19-15-18(12-11-16(19)2)21-13-7-8-14-26(21,22)23/h4-6,9-12,15H,3,7-8,13-14H2,1-2H3. The maximum atomic E-state index is 13.3. The first kappa shape index (κ1) is 19.7. The minimum absolute atomic E-state index is 0.0913. The topological polar surface area (TPSA) is 74.8 Å². The second-order valence-electron chi connectivity index (χ2n) is 6.55. The summed E-state index contributed by atoms with van der Waals surface area (Å²) in [6, 6.07) is 13.7. The van der Waals surface area contributed by atoms with Gasteiger partial charge in [0.15, 0.2) is 0 Å². The van der Waals surface area contributed by atoms with Crippen LogP contribution in [0.2, 0.25) is 0 Å². The number of nitrogens with zero attached hydrogens (tertiary/aromatic N) is 2. The average Bonchev–Trinajstić information content (AvgIpc) is 2.63. The van der Waals surface area contributed by atoms with Crippen LogP contribution in [0.1, 0.15) is 25.3 Å². The molecule has 2 aromatic rings. The second-order valence-corrected chi connectivity index (χ2v) is 10.4. The van der Waals surface area contributed by atoms with E-state index in [9.17, 15) is 16.8 Å². The summed E-state index contributed by atoms with van der Waals surface area (Å²) in [5, 5.41) is 0. The molecule has 1 aliphatic rings. The third-order valence-electron chi connectivity index (χ3n) is 4.71. The number of para-hydroxylation sites is 1. The minimum atomic E-state index is -3.82. The molecule has 0 saturated carbocycles. The van der Waals surface area contributed by atoms with Crippen LogP contribution in [0.25, 0.3) is 0 Å². The van der Waals surface area contributed by atoms with Crippen molar-refractivity contribution >= 4 is 31.4 Å². The molecule has 1 heterocycles. The van der Waals surface area contributed by atoms with Crippen molar-refractivity contribution in [1.29, 1.82) is 0 Å². The summed E-state index contributed by atoms with van der Waals surface area (Å²) in [6.07, 6.45) is 1.40. The summed E-state index contributed by atoms with van der Waals surface area (Å²) in [6.45, 7) is 4.15. The molecule has 8 heteroatoms. The van der Waals surface area contributed by atoms with E-state index in [0.717, 1.165) is 6.42 Å². The Morgan fingerprint density at radius 3 is 2.41 bits per heavy atom. The quantitative estimate of drug-likeness (QED) is 0.762. The Hall–Kier alpha value is -2.06. The van der Waals surface area contributed by atoms with Gasteiger partial charge in [0.1, 0.15) is 0 Å². The molecule has 0 spiro atoms. The maximum Gasteiger partial charge on any atom is 0.264 e. The van der Waals surface area contributed by atoms with Gasteiger partial charge < -0.3 is 0 Å². The maximum absolute atomic E-state index is 13.3. The molecule has 0 unspecified atom stereocenters. The van der Waals surface area contributed by atoms with Gasteiger partial charge in [-0.1, -0.05) is 24.3 Å². The molecule has 2 aromatic carbocycles. The van der Waals surface area contributed by atoms with Crippen LogP contribution in [-0.4, -0.2) is 35.7 Å². The minimum Gasteiger partial charge on any atom is -0.270 e. The van der Waals surface area contributed by atoms with Crippen molar-refractivity contribution in [3.05, 3.63) is 54.1 Å². The number of hydrogen-bond acceptors (Lipinski definition) is 4. The van der Waals surface area contributed by atoms with Crippen molar-refractivity contribution in [3.8, 4) is 0 Å². The predicted molar refractivity (Wildman–Crippen MR) is 108 cm³/mol. The van der Waals surface area contributed by atoms with Gasteiger partial charge in [-0.15, -0.1) is 0 Å². The lowest BCUT2D eigenvalue weighted by Crippen LogP contribution is -2.38. The van der Waals surface area contributed by atoms with Crippen LogP contribution in [-0.2, 0) is 20.0 Å². The largest absolute Gasteiger partial charge is 0.270 e. The van der Waals surface area contributed by atoms with Crippen molar-refractivity contribution in [3.63, 3.8) is 0 Å². The van der Waals surface area contributed by atoms with Gasteiger partial charge in [-0.2, -0.15) is 0 Å². The van der Waals surface area contributed by atoms with E-state index in [-0.39, 0.29) is 17.2 Å². The normalized spacial score (nSPS) is 16.9. The average molecular weight is 409 g/mol. The molecule has 27 heavy (non-hydrogen) atoms. The number of hydrogen-bond donors (Lipinski definition) is 0. The molecule has 0 bridgehead atoms. The molecule has 0 N–H and O–H groups in total. The summed E-state index contributed by atoms with van der Waals surface area (Å²) < 4.78 is 54.2. The van der Waals surface area contributed by atoms with E-state index in [1.54, 1.807) is 50.2 Å². The highest BCUT2D eigenvalue weighted by atomic mass is 32.2. The molecular weight excluding hydrogens is 384 g/mol. The van der Waals surface area contributed by atoms with Gasteiger partial charge in [-0.05, 0) is 56.5 Å². The number of benzene rings is 2. The van der Waals surface area contributed by atoms with Crippen molar-refractivity contribution in [2.45, 2.75) is 31.6 Å².